The SMILES string of the molecule is O=C(NC[C@H]1CCCO1)[C@@H]1CCCN(c2nnc(-n3cccc3)s2)C1. The van der Waals surface area contributed by atoms with E-state index in [2.05, 4.69) is 20.4 Å². The van der Waals surface area contributed by atoms with Gasteiger partial charge < -0.3 is 15.0 Å². The Labute approximate surface area is 151 Å². The number of carbonyl (C=O) groups is 1. The summed E-state index contributed by atoms with van der Waals surface area (Å²) in [7, 11) is 0. The average Bonchev–Trinajstić information content (AvgIpc) is 3.41. The highest BCUT2D eigenvalue weighted by Crippen LogP contribution is 2.28. The summed E-state index contributed by atoms with van der Waals surface area (Å²) in [4.78, 5) is 14.7. The number of anilines is 1. The van der Waals surface area contributed by atoms with Crippen LogP contribution in [0.2, 0.25) is 0 Å². The van der Waals surface area contributed by atoms with E-state index in [4.69, 9.17) is 4.74 Å². The molecule has 2 aromatic heterocycles. The van der Waals surface area contributed by atoms with Crippen LogP contribution in [0.15, 0.2) is 24.5 Å². The predicted molar refractivity (Wildman–Crippen MR) is 96.2 cm³/mol. The lowest BCUT2D eigenvalue weighted by Crippen LogP contribution is -2.44. The van der Waals surface area contributed by atoms with Gasteiger partial charge in [0.25, 0.3) is 0 Å². The second-order valence-electron chi connectivity index (χ2n) is 6.62. The first kappa shape index (κ1) is 16.5. The molecular formula is C17H23N5O2S. The van der Waals surface area contributed by atoms with E-state index in [1.165, 1.54) is 0 Å². The topological polar surface area (TPSA) is 72.3 Å². The molecule has 1 N–H and O–H groups in total. The van der Waals surface area contributed by atoms with Gasteiger partial charge in [0.2, 0.25) is 16.2 Å². The van der Waals surface area contributed by atoms with Crippen LogP contribution in [0, 0.1) is 5.92 Å². The van der Waals surface area contributed by atoms with Gasteiger partial charge in [-0.15, -0.1) is 10.2 Å². The van der Waals surface area contributed by atoms with Crippen LogP contribution in [0.25, 0.3) is 5.13 Å². The molecule has 0 saturated carbocycles. The summed E-state index contributed by atoms with van der Waals surface area (Å²) in [6.07, 6.45) is 8.18. The van der Waals surface area contributed by atoms with Crippen LogP contribution in [0.5, 0.6) is 0 Å². The third-order valence-corrected chi connectivity index (χ3v) is 5.82. The van der Waals surface area contributed by atoms with Gasteiger partial charge in [-0.25, -0.2) is 0 Å². The lowest BCUT2D eigenvalue weighted by Gasteiger charge is -2.31. The van der Waals surface area contributed by atoms with Crippen LogP contribution in [0.3, 0.4) is 0 Å². The number of piperidine rings is 1. The lowest BCUT2D eigenvalue weighted by atomic mass is 9.97. The summed E-state index contributed by atoms with van der Waals surface area (Å²) in [5, 5.41) is 13.4. The highest BCUT2D eigenvalue weighted by atomic mass is 32.1. The monoisotopic (exact) mass is 361 g/mol. The van der Waals surface area contributed by atoms with Gasteiger partial charge in [-0.05, 0) is 37.8 Å². The van der Waals surface area contributed by atoms with E-state index in [0.717, 1.165) is 49.1 Å². The van der Waals surface area contributed by atoms with Crippen molar-refractivity contribution in [3.05, 3.63) is 24.5 Å². The van der Waals surface area contributed by atoms with Gasteiger partial charge in [0, 0.05) is 38.6 Å². The fourth-order valence-corrected chi connectivity index (χ4v) is 4.28. The highest BCUT2D eigenvalue weighted by molar-refractivity contribution is 7.17. The maximum atomic E-state index is 12.5. The van der Waals surface area contributed by atoms with Crippen molar-refractivity contribution in [1.82, 2.24) is 20.1 Å². The number of carbonyl (C=O) groups excluding carboxylic acids is 1. The molecule has 0 bridgehead atoms. The van der Waals surface area contributed by atoms with Gasteiger partial charge in [-0.3, -0.25) is 9.36 Å². The Morgan fingerprint density at radius 1 is 1.24 bits per heavy atom. The Morgan fingerprint density at radius 3 is 2.88 bits per heavy atom. The van der Waals surface area contributed by atoms with E-state index >= 15 is 0 Å². The third kappa shape index (κ3) is 3.85. The van der Waals surface area contributed by atoms with Gasteiger partial charge in [0.1, 0.15) is 0 Å². The van der Waals surface area contributed by atoms with Gasteiger partial charge >= 0.3 is 0 Å². The number of hydrogen-bond donors (Lipinski definition) is 1. The molecular weight excluding hydrogens is 338 g/mol. The molecule has 0 unspecified atom stereocenters. The Kier molecular flexibility index (Phi) is 4.98. The van der Waals surface area contributed by atoms with Crippen LogP contribution in [0.1, 0.15) is 25.7 Å². The maximum absolute atomic E-state index is 12.5. The van der Waals surface area contributed by atoms with Gasteiger partial charge in [-0.2, -0.15) is 0 Å². The summed E-state index contributed by atoms with van der Waals surface area (Å²) >= 11 is 1.56. The van der Waals surface area contributed by atoms with E-state index in [9.17, 15) is 4.79 Å². The van der Waals surface area contributed by atoms with E-state index in [-0.39, 0.29) is 17.9 Å². The van der Waals surface area contributed by atoms with Crippen LogP contribution >= 0.6 is 11.3 Å². The molecule has 0 aromatic carbocycles. The molecule has 2 fully saturated rings. The van der Waals surface area contributed by atoms with E-state index < -0.39 is 0 Å². The van der Waals surface area contributed by atoms with E-state index in [1.807, 2.05) is 29.1 Å². The quantitative estimate of drug-likeness (QED) is 0.880. The molecule has 8 heteroatoms. The fourth-order valence-electron chi connectivity index (χ4n) is 3.43. The normalized spacial score (nSPS) is 23.8. The number of hydrogen-bond acceptors (Lipinski definition) is 6. The molecule has 7 nitrogen and oxygen atoms in total. The van der Waals surface area contributed by atoms with Crippen LogP contribution in [-0.4, -0.2) is 53.0 Å². The Hall–Kier alpha value is -1.93. The number of nitrogens with zero attached hydrogens (tertiary/aromatic N) is 4. The first-order valence-electron chi connectivity index (χ1n) is 8.91. The first-order chi connectivity index (χ1) is 12.3. The summed E-state index contributed by atoms with van der Waals surface area (Å²) in [5.41, 5.74) is 0. The van der Waals surface area contributed by atoms with Crippen molar-refractivity contribution in [3.8, 4) is 5.13 Å². The average molecular weight is 361 g/mol. The second-order valence-corrected chi connectivity index (χ2v) is 7.56. The molecule has 25 heavy (non-hydrogen) atoms. The van der Waals surface area contributed by atoms with Crippen molar-refractivity contribution in [2.45, 2.75) is 31.8 Å². The minimum Gasteiger partial charge on any atom is -0.376 e. The van der Waals surface area contributed by atoms with Crippen molar-refractivity contribution in [2.75, 3.05) is 31.1 Å². The van der Waals surface area contributed by atoms with Crippen LogP contribution in [-0.2, 0) is 9.53 Å². The molecule has 2 saturated heterocycles. The fraction of sp³-hybridized carbons (Fsp3) is 0.588. The van der Waals surface area contributed by atoms with Crippen molar-refractivity contribution in [1.29, 1.82) is 0 Å². The molecule has 2 aromatic rings. The largest absolute Gasteiger partial charge is 0.376 e. The summed E-state index contributed by atoms with van der Waals surface area (Å²) in [6, 6.07) is 3.94. The van der Waals surface area contributed by atoms with Gasteiger partial charge in [0.05, 0.1) is 12.0 Å². The maximum Gasteiger partial charge on any atom is 0.224 e. The summed E-state index contributed by atoms with van der Waals surface area (Å²) in [6.45, 7) is 3.08. The van der Waals surface area contributed by atoms with E-state index in [1.54, 1.807) is 11.3 Å². The number of ether oxygens (including phenoxy) is 1. The zero-order chi connectivity index (χ0) is 17.1. The molecule has 134 valence electrons. The molecule has 1 amide bonds. The van der Waals surface area contributed by atoms with E-state index in [0.29, 0.717) is 13.1 Å². The predicted octanol–water partition coefficient (Wildman–Crippen LogP) is 1.84. The standard InChI is InChI=1S/C17H23N5O2S/c23-15(18-11-14-6-4-10-24-14)13-5-3-9-22(12-13)17-20-19-16(25-17)21-7-1-2-8-21/h1-2,7-8,13-14H,3-6,9-12H2,(H,18,23)/t13-,14-/m1/s1. The third-order valence-electron chi connectivity index (χ3n) is 4.82. The van der Waals surface area contributed by atoms with Crippen LogP contribution in [0.4, 0.5) is 5.13 Å². The molecule has 4 rings (SSSR count). The zero-order valence-electron chi connectivity index (χ0n) is 14.1. The smallest absolute Gasteiger partial charge is 0.224 e. The summed E-state index contributed by atoms with van der Waals surface area (Å²) < 4.78 is 7.53. The number of nitrogens with one attached hydrogen (secondary N) is 1. The van der Waals surface area contributed by atoms with Crippen molar-refractivity contribution < 1.29 is 9.53 Å². The van der Waals surface area contributed by atoms with Crippen molar-refractivity contribution in [3.63, 3.8) is 0 Å². The molecule has 0 radical (unpaired) electrons. The Morgan fingerprint density at radius 2 is 2.08 bits per heavy atom. The molecule has 2 aliphatic rings. The Balaban J connectivity index is 1.35. The molecule has 2 aliphatic heterocycles. The molecule has 0 aliphatic carbocycles. The number of aromatic nitrogens is 3. The minimum absolute atomic E-state index is 0.00841. The molecule has 2 atom stereocenters. The molecule has 4 heterocycles. The summed E-state index contributed by atoms with van der Waals surface area (Å²) in [5.74, 6) is 0.143. The van der Waals surface area contributed by atoms with Crippen molar-refractivity contribution in [2.24, 2.45) is 5.92 Å². The zero-order valence-corrected chi connectivity index (χ0v) is 15.0. The van der Waals surface area contributed by atoms with Gasteiger partial charge in [0.15, 0.2) is 0 Å². The first-order valence-corrected chi connectivity index (χ1v) is 9.72. The number of amides is 1. The van der Waals surface area contributed by atoms with Gasteiger partial charge in [-0.1, -0.05) is 11.3 Å². The van der Waals surface area contributed by atoms with Crippen LogP contribution < -0.4 is 10.2 Å². The van der Waals surface area contributed by atoms with Crippen molar-refractivity contribution >= 4 is 22.4 Å². The minimum atomic E-state index is 0.00841. The lowest BCUT2D eigenvalue weighted by molar-refractivity contribution is -0.125. The highest BCUT2D eigenvalue weighted by Gasteiger charge is 2.28. The Bertz CT molecular complexity index is 696. The molecule has 0 spiro atoms. The number of rotatable bonds is 5. The second kappa shape index (κ2) is 7.53.